The third kappa shape index (κ3) is 3.44. The summed E-state index contributed by atoms with van der Waals surface area (Å²) in [6, 6.07) is 13.8. The van der Waals surface area contributed by atoms with Gasteiger partial charge in [-0.25, -0.2) is 18.7 Å². The molecule has 0 bridgehead atoms. The Hall–Kier alpha value is -3.68. The highest BCUT2D eigenvalue weighted by Crippen LogP contribution is 2.19. The molecule has 142 valence electrons. The second-order valence-electron chi connectivity index (χ2n) is 6.17. The predicted octanol–water partition coefficient (Wildman–Crippen LogP) is 2.91. The Morgan fingerprint density at radius 2 is 2.07 bits per heavy atom. The summed E-state index contributed by atoms with van der Waals surface area (Å²) >= 11 is 0. The van der Waals surface area contributed by atoms with Crippen molar-refractivity contribution in [3.05, 3.63) is 76.6 Å². The van der Waals surface area contributed by atoms with Crippen LogP contribution in [0.25, 0.3) is 16.9 Å². The van der Waals surface area contributed by atoms with Crippen molar-refractivity contribution in [3.8, 4) is 11.4 Å². The average molecular weight is 379 g/mol. The zero-order valence-electron chi connectivity index (χ0n) is 15.1. The van der Waals surface area contributed by atoms with Crippen LogP contribution in [-0.4, -0.2) is 33.2 Å². The molecule has 0 aliphatic rings. The Morgan fingerprint density at radius 3 is 2.89 bits per heavy atom. The van der Waals surface area contributed by atoms with Crippen LogP contribution >= 0.6 is 0 Å². The summed E-state index contributed by atoms with van der Waals surface area (Å²) in [6.07, 6.45) is 2.04. The number of hydrogen-bond donors (Lipinski definition) is 2. The van der Waals surface area contributed by atoms with Gasteiger partial charge >= 0.3 is 5.69 Å². The van der Waals surface area contributed by atoms with Crippen molar-refractivity contribution in [1.82, 2.24) is 19.5 Å². The molecule has 8 heteroatoms. The van der Waals surface area contributed by atoms with E-state index in [9.17, 15) is 9.18 Å². The van der Waals surface area contributed by atoms with E-state index < -0.39 is 0 Å². The van der Waals surface area contributed by atoms with E-state index in [0.29, 0.717) is 47.1 Å². The van der Waals surface area contributed by atoms with Crippen molar-refractivity contribution in [1.29, 1.82) is 0 Å². The first kappa shape index (κ1) is 17.7. The number of hydrogen-bond acceptors (Lipinski definition) is 5. The van der Waals surface area contributed by atoms with Crippen LogP contribution in [0.2, 0.25) is 0 Å². The molecular formula is C20H18FN5O2. The van der Waals surface area contributed by atoms with Crippen molar-refractivity contribution < 1.29 is 9.13 Å². The van der Waals surface area contributed by atoms with Gasteiger partial charge in [0.2, 0.25) is 5.95 Å². The minimum absolute atomic E-state index is 0.238. The lowest BCUT2D eigenvalue weighted by atomic mass is 10.1. The molecule has 2 heterocycles. The fourth-order valence-corrected chi connectivity index (χ4v) is 2.98. The molecule has 0 unspecified atom stereocenters. The molecular weight excluding hydrogens is 361 g/mol. The van der Waals surface area contributed by atoms with Crippen LogP contribution in [0.15, 0.2) is 59.5 Å². The highest BCUT2D eigenvalue weighted by atomic mass is 19.1. The maximum atomic E-state index is 13.7. The molecule has 2 aromatic heterocycles. The first-order valence-corrected chi connectivity index (χ1v) is 8.75. The summed E-state index contributed by atoms with van der Waals surface area (Å²) in [5, 5.41) is 3.08. The molecule has 4 aromatic rings. The normalized spacial score (nSPS) is 10.9. The monoisotopic (exact) mass is 379 g/mol. The van der Waals surface area contributed by atoms with Gasteiger partial charge in [-0.1, -0.05) is 24.3 Å². The molecule has 4 rings (SSSR count). The van der Waals surface area contributed by atoms with Gasteiger partial charge in [-0.2, -0.15) is 4.98 Å². The Morgan fingerprint density at radius 1 is 1.21 bits per heavy atom. The lowest BCUT2D eigenvalue weighted by molar-refractivity contribution is 0.414. The lowest BCUT2D eigenvalue weighted by Gasteiger charge is -2.07. The summed E-state index contributed by atoms with van der Waals surface area (Å²) in [4.78, 5) is 23.8. The van der Waals surface area contributed by atoms with E-state index in [1.165, 1.54) is 10.6 Å². The Bertz CT molecular complexity index is 1180. The van der Waals surface area contributed by atoms with E-state index >= 15 is 0 Å². The van der Waals surface area contributed by atoms with Gasteiger partial charge < -0.3 is 15.0 Å². The van der Waals surface area contributed by atoms with Crippen molar-refractivity contribution in [3.63, 3.8) is 0 Å². The summed E-state index contributed by atoms with van der Waals surface area (Å²) in [6.45, 7) is 0.459. The van der Waals surface area contributed by atoms with Crippen molar-refractivity contribution >= 4 is 17.1 Å². The topological polar surface area (TPSA) is 84.8 Å². The van der Waals surface area contributed by atoms with Crippen LogP contribution in [0.5, 0.6) is 5.75 Å². The van der Waals surface area contributed by atoms with Gasteiger partial charge in [0.15, 0.2) is 5.65 Å². The molecule has 2 N–H and O–H groups in total. The molecule has 0 radical (unpaired) electrons. The molecule has 0 saturated carbocycles. The molecule has 28 heavy (non-hydrogen) atoms. The minimum atomic E-state index is -0.318. The maximum Gasteiger partial charge on any atom is 0.332 e. The summed E-state index contributed by atoms with van der Waals surface area (Å²) in [5.74, 6) is 0.758. The number of anilines is 1. The zero-order valence-corrected chi connectivity index (χ0v) is 15.1. The third-order valence-corrected chi connectivity index (χ3v) is 4.37. The third-order valence-electron chi connectivity index (χ3n) is 4.37. The van der Waals surface area contributed by atoms with Gasteiger partial charge in [-0.15, -0.1) is 0 Å². The molecule has 0 atom stereocenters. The quantitative estimate of drug-likeness (QED) is 0.538. The molecule has 0 aliphatic heterocycles. The maximum absolute atomic E-state index is 13.7. The van der Waals surface area contributed by atoms with Crippen LogP contribution in [0.3, 0.4) is 0 Å². The van der Waals surface area contributed by atoms with Crippen LogP contribution in [-0.2, 0) is 6.42 Å². The zero-order chi connectivity index (χ0) is 19.5. The number of H-pyrrole nitrogens is 1. The fourth-order valence-electron chi connectivity index (χ4n) is 2.98. The van der Waals surface area contributed by atoms with Gasteiger partial charge in [-0.05, 0) is 30.2 Å². The number of nitrogens with one attached hydrogen (secondary N) is 2. The highest BCUT2D eigenvalue weighted by Gasteiger charge is 2.12. The van der Waals surface area contributed by atoms with Crippen LogP contribution < -0.4 is 15.7 Å². The summed E-state index contributed by atoms with van der Waals surface area (Å²) in [7, 11) is 1.57. The smallest absolute Gasteiger partial charge is 0.332 e. The Balaban J connectivity index is 1.61. The Labute approximate surface area is 159 Å². The van der Waals surface area contributed by atoms with Gasteiger partial charge in [0.05, 0.1) is 19.0 Å². The number of nitrogens with zero attached hydrogens (tertiary/aromatic N) is 3. The number of ether oxygens (including phenoxy) is 1. The van der Waals surface area contributed by atoms with E-state index in [4.69, 9.17) is 4.74 Å². The van der Waals surface area contributed by atoms with Crippen molar-refractivity contribution in [2.75, 3.05) is 19.0 Å². The predicted molar refractivity (Wildman–Crippen MR) is 105 cm³/mol. The molecule has 7 nitrogen and oxygen atoms in total. The molecule has 0 aliphatic carbocycles. The second kappa shape index (κ2) is 7.51. The number of imidazole rings is 1. The number of aromatic nitrogens is 4. The van der Waals surface area contributed by atoms with E-state index in [-0.39, 0.29) is 11.5 Å². The number of aromatic amines is 1. The van der Waals surface area contributed by atoms with Gasteiger partial charge in [0.25, 0.3) is 0 Å². The molecule has 2 aromatic carbocycles. The first-order valence-electron chi connectivity index (χ1n) is 8.75. The molecule has 0 amide bonds. The van der Waals surface area contributed by atoms with Gasteiger partial charge in [0.1, 0.15) is 17.1 Å². The van der Waals surface area contributed by atoms with Gasteiger partial charge in [0, 0.05) is 12.6 Å². The number of halogens is 1. The fraction of sp³-hybridized carbons (Fsp3) is 0.150. The van der Waals surface area contributed by atoms with Crippen molar-refractivity contribution in [2.45, 2.75) is 6.42 Å². The van der Waals surface area contributed by atoms with Crippen LogP contribution in [0.1, 0.15) is 5.56 Å². The number of rotatable bonds is 6. The number of benzene rings is 2. The van der Waals surface area contributed by atoms with E-state index in [2.05, 4.69) is 20.3 Å². The molecule has 0 fully saturated rings. The first-order chi connectivity index (χ1) is 13.7. The molecule has 0 saturated heterocycles. The second-order valence-corrected chi connectivity index (χ2v) is 6.17. The summed E-state index contributed by atoms with van der Waals surface area (Å²) in [5.41, 5.74) is 1.90. The standard InChI is InChI=1S/C20H18FN5O2/c1-28-15-7-4-6-14(11-15)26-18-17(24-20(26)27)12-23-19(25-18)22-10-9-13-5-2-3-8-16(13)21/h2-8,11-12H,9-10H2,1H3,(H,24,27)(H,22,23,25). The molecule has 0 spiro atoms. The summed E-state index contributed by atoms with van der Waals surface area (Å²) < 4.78 is 20.4. The van der Waals surface area contributed by atoms with Crippen LogP contribution in [0.4, 0.5) is 10.3 Å². The van der Waals surface area contributed by atoms with E-state index in [1.807, 2.05) is 0 Å². The number of methoxy groups -OCH3 is 1. The SMILES string of the molecule is COc1cccc(-n2c(=O)[nH]c3cnc(NCCc4ccccc4F)nc32)c1. The van der Waals surface area contributed by atoms with E-state index in [1.54, 1.807) is 55.8 Å². The Kier molecular flexibility index (Phi) is 4.76. The van der Waals surface area contributed by atoms with Gasteiger partial charge in [-0.3, -0.25) is 0 Å². The average Bonchev–Trinajstić information content (AvgIpc) is 3.04. The largest absolute Gasteiger partial charge is 0.497 e. The highest BCUT2D eigenvalue weighted by molar-refractivity contribution is 5.73. The van der Waals surface area contributed by atoms with Crippen molar-refractivity contribution in [2.24, 2.45) is 0 Å². The minimum Gasteiger partial charge on any atom is -0.497 e. The lowest BCUT2D eigenvalue weighted by Crippen LogP contribution is -2.15. The van der Waals surface area contributed by atoms with E-state index in [0.717, 1.165) is 0 Å². The number of fused-ring (bicyclic) bond motifs is 1. The van der Waals surface area contributed by atoms with Crippen LogP contribution in [0, 0.1) is 5.82 Å².